The molecule has 0 heterocycles. The minimum Gasteiger partial charge on any atom is -0.495 e. The number of hydrogen-bond acceptors (Lipinski definition) is 4. The summed E-state index contributed by atoms with van der Waals surface area (Å²) in [5, 5.41) is 2.75. The number of aryl methyl sites for hydroxylation is 1. The van der Waals surface area contributed by atoms with Crippen molar-refractivity contribution in [2.45, 2.75) is 27.2 Å². The molecule has 6 nitrogen and oxygen atoms in total. The summed E-state index contributed by atoms with van der Waals surface area (Å²) in [6.07, 6.45) is 1.93. The summed E-state index contributed by atoms with van der Waals surface area (Å²) in [7, 11) is -2.14. The topological polar surface area (TPSA) is 75.7 Å². The summed E-state index contributed by atoms with van der Waals surface area (Å²) in [6, 6.07) is 5.21. The van der Waals surface area contributed by atoms with Gasteiger partial charge in [-0.15, -0.1) is 0 Å². The molecule has 1 aromatic rings. The fraction of sp³-hybridized carbons (Fsp3) is 0.562. The highest BCUT2D eigenvalue weighted by atomic mass is 32.2. The Morgan fingerprint density at radius 3 is 2.52 bits per heavy atom. The molecule has 0 spiro atoms. The maximum Gasteiger partial charge on any atom is 0.240 e. The van der Waals surface area contributed by atoms with Gasteiger partial charge in [0.25, 0.3) is 0 Å². The van der Waals surface area contributed by atoms with Gasteiger partial charge in [-0.05, 0) is 37.0 Å². The van der Waals surface area contributed by atoms with E-state index in [0.717, 1.165) is 22.5 Å². The summed E-state index contributed by atoms with van der Waals surface area (Å²) >= 11 is 0. The third kappa shape index (κ3) is 6.09. The molecule has 0 aromatic heterocycles. The van der Waals surface area contributed by atoms with Gasteiger partial charge < -0.3 is 10.1 Å². The van der Waals surface area contributed by atoms with Crippen molar-refractivity contribution < 1.29 is 17.9 Å². The van der Waals surface area contributed by atoms with Gasteiger partial charge in [0, 0.05) is 6.54 Å². The molecule has 0 fully saturated rings. The van der Waals surface area contributed by atoms with E-state index >= 15 is 0 Å². The van der Waals surface area contributed by atoms with Gasteiger partial charge in [-0.25, -0.2) is 8.42 Å². The van der Waals surface area contributed by atoms with Crippen LogP contribution in [0.5, 0.6) is 5.75 Å². The largest absolute Gasteiger partial charge is 0.495 e. The Morgan fingerprint density at radius 1 is 1.35 bits per heavy atom. The van der Waals surface area contributed by atoms with Gasteiger partial charge >= 0.3 is 0 Å². The van der Waals surface area contributed by atoms with Crippen molar-refractivity contribution in [3.8, 4) is 5.75 Å². The fourth-order valence-corrected chi connectivity index (χ4v) is 2.91. The van der Waals surface area contributed by atoms with Gasteiger partial charge in [0.2, 0.25) is 15.9 Å². The number of amides is 1. The summed E-state index contributed by atoms with van der Waals surface area (Å²) in [6.45, 7) is 6.24. The molecule has 0 aliphatic carbocycles. The second-order valence-corrected chi connectivity index (χ2v) is 7.88. The van der Waals surface area contributed by atoms with Crippen molar-refractivity contribution in [3.63, 3.8) is 0 Å². The molecule has 0 atom stereocenters. The van der Waals surface area contributed by atoms with E-state index in [9.17, 15) is 13.2 Å². The minimum absolute atomic E-state index is 0.267. The molecule has 7 heteroatoms. The molecule has 0 aliphatic rings. The predicted octanol–water partition coefficient (Wildman–Crippen LogP) is 1.93. The summed E-state index contributed by atoms with van der Waals surface area (Å²) in [4.78, 5) is 12.1. The first-order chi connectivity index (χ1) is 10.6. The van der Waals surface area contributed by atoms with Gasteiger partial charge in [0.1, 0.15) is 12.3 Å². The molecule has 130 valence electrons. The van der Waals surface area contributed by atoms with Crippen LogP contribution >= 0.6 is 0 Å². The van der Waals surface area contributed by atoms with E-state index in [2.05, 4.69) is 19.2 Å². The number of ether oxygens (including phenoxy) is 1. The zero-order valence-corrected chi connectivity index (χ0v) is 15.2. The molecule has 1 aromatic carbocycles. The molecule has 23 heavy (non-hydrogen) atoms. The zero-order valence-electron chi connectivity index (χ0n) is 14.4. The second kappa shape index (κ2) is 8.19. The van der Waals surface area contributed by atoms with Crippen molar-refractivity contribution in [3.05, 3.63) is 23.8 Å². The van der Waals surface area contributed by atoms with Crippen LogP contribution in [0.15, 0.2) is 18.2 Å². The average Bonchev–Trinajstić information content (AvgIpc) is 2.43. The molecule has 0 aliphatic heterocycles. The Kier molecular flexibility index (Phi) is 6.87. The molecule has 0 bridgehead atoms. The van der Waals surface area contributed by atoms with E-state index < -0.39 is 10.0 Å². The van der Waals surface area contributed by atoms with E-state index in [1.807, 2.05) is 13.0 Å². The second-order valence-electron chi connectivity index (χ2n) is 5.98. The number of anilines is 1. The Balaban J connectivity index is 2.99. The van der Waals surface area contributed by atoms with Crippen LogP contribution in [0.3, 0.4) is 0 Å². The van der Waals surface area contributed by atoms with Crippen LogP contribution in [0.25, 0.3) is 0 Å². The van der Waals surface area contributed by atoms with E-state index in [-0.39, 0.29) is 12.5 Å². The van der Waals surface area contributed by atoms with Crippen LogP contribution in [0, 0.1) is 12.8 Å². The third-order valence-electron chi connectivity index (χ3n) is 3.33. The van der Waals surface area contributed by atoms with E-state index in [0.29, 0.717) is 23.9 Å². The Bertz CT molecular complexity index is 641. The average molecular weight is 342 g/mol. The SMILES string of the molecule is COc1ccc(C)cc1N(CC(=O)NCCC(C)C)S(C)(=O)=O. The number of rotatable bonds is 8. The number of carbonyl (C=O) groups excluding carboxylic acids is 1. The summed E-state index contributed by atoms with van der Waals surface area (Å²) in [5.41, 5.74) is 1.25. The van der Waals surface area contributed by atoms with Gasteiger partial charge in [-0.1, -0.05) is 19.9 Å². The monoisotopic (exact) mass is 342 g/mol. The van der Waals surface area contributed by atoms with Crippen molar-refractivity contribution >= 4 is 21.6 Å². The van der Waals surface area contributed by atoms with Gasteiger partial charge in [0.15, 0.2) is 0 Å². The van der Waals surface area contributed by atoms with Crippen molar-refractivity contribution in [2.24, 2.45) is 5.92 Å². The molecular weight excluding hydrogens is 316 g/mol. The van der Waals surface area contributed by atoms with Gasteiger partial charge in [0.05, 0.1) is 19.1 Å². The quantitative estimate of drug-likeness (QED) is 0.783. The first kappa shape index (κ1) is 19.3. The van der Waals surface area contributed by atoms with Crippen LogP contribution in [-0.2, 0) is 14.8 Å². The lowest BCUT2D eigenvalue weighted by Crippen LogP contribution is -2.41. The zero-order chi connectivity index (χ0) is 17.6. The summed E-state index contributed by atoms with van der Waals surface area (Å²) in [5.74, 6) is 0.550. The summed E-state index contributed by atoms with van der Waals surface area (Å²) < 4.78 is 30.5. The van der Waals surface area contributed by atoms with E-state index in [1.165, 1.54) is 7.11 Å². The van der Waals surface area contributed by atoms with Crippen LogP contribution in [0.2, 0.25) is 0 Å². The standard InChI is InChI=1S/C16H26N2O4S/c1-12(2)8-9-17-16(19)11-18(23(5,20)21)14-10-13(3)6-7-15(14)22-4/h6-7,10,12H,8-9,11H2,1-5H3,(H,17,19). The number of hydrogen-bond donors (Lipinski definition) is 1. The van der Waals surface area contributed by atoms with Crippen LogP contribution in [-0.4, -0.2) is 40.8 Å². The molecule has 1 N–H and O–H groups in total. The maximum atomic E-state index is 12.1. The smallest absolute Gasteiger partial charge is 0.240 e. The lowest BCUT2D eigenvalue weighted by molar-refractivity contribution is -0.119. The number of nitrogens with zero attached hydrogens (tertiary/aromatic N) is 1. The minimum atomic E-state index is -3.61. The highest BCUT2D eigenvalue weighted by Crippen LogP contribution is 2.30. The van der Waals surface area contributed by atoms with E-state index in [1.54, 1.807) is 12.1 Å². The number of methoxy groups -OCH3 is 1. The number of nitrogens with one attached hydrogen (secondary N) is 1. The fourth-order valence-electron chi connectivity index (χ4n) is 2.06. The molecular formula is C16H26N2O4S. The highest BCUT2D eigenvalue weighted by molar-refractivity contribution is 7.92. The van der Waals surface area contributed by atoms with Crippen LogP contribution in [0.4, 0.5) is 5.69 Å². The Hall–Kier alpha value is -1.76. The first-order valence-corrected chi connectivity index (χ1v) is 9.39. The molecule has 1 amide bonds. The number of sulfonamides is 1. The normalized spacial score (nSPS) is 11.4. The van der Waals surface area contributed by atoms with Crippen molar-refractivity contribution in [2.75, 3.05) is 30.8 Å². The molecule has 1 rings (SSSR count). The van der Waals surface area contributed by atoms with Gasteiger partial charge in [-0.2, -0.15) is 0 Å². The molecule has 0 unspecified atom stereocenters. The highest BCUT2D eigenvalue weighted by Gasteiger charge is 2.24. The van der Waals surface area contributed by atoms with Gasteiger partial charge in [-0.3, -0.25) is 9.10 Å². The number of carbonyl (C=O) groups is 1. The maximum absolute atomic E-state index is 12.1. The predicted molar refractivity (Wildman–Crippen MR) is 92.4 cm³/mol. The lowest BCUT2D eigenvalue weighted by atomic mass is 10.1. The van der Waals surface area contributed by atoms with Crippen molar-refractivity contribution in [1.29, 1.82) is 0 Å². The first-order valence-electron chi connectivity index (χ1n) is 7.54. The lowest BCUT2D eigenvalue weighted by Gasteiger charge is -2.24. The van der Waals surface area contributed by atoms with Crippen LogP contribution < -0.4 is 14.4 Å². The third-order valence-corrected chi connectivity index (χ3v) is 4.46. The molecule has 0 saturated carbocycles. The molecule has 0 radical (unpaired) electrons. The molecule has 0 saturated heterocycles. The number of benzene rings is 1. The van der Waals surface area contributed by atoms with E-state index in [4.69, 9.17) is 4.74 Å². The van der Waals surface area contributed by atoms with Crippen molar-refractivity contribution in [1.82, 2.24) is 5.32 Å². The Morgan fingerprint density at radius 2 is 2.00 bits per heavy atom. The Labute approximate surface area is 138 Å². The van der Waals surface area contributed by atoms with Crippen LogP contribution in [0.1, 0.15) is 25.8 Å².